The second kappa shape index (κ2) is 13.0. The Kier molecular flexibility index (Phi) is 8.79. The summed E-state index contributed by atoms with van der Waals surface area (Å²) in [6.45, 7) is 3.30. The lowest BCUT2D eigenvalue weighted by Crippen LogP contribution is -2.62. The fourth-order valence-corrected chi connectivity index (χ4v) is 6.69. The number of halogens is 1. The van der Waals surface area contributed by atoms with Gasteiger partial charge in [-0.25, -0.2) is 14.2 Å². The van der Waals surface area contributed by atoms with E-state index in [9.17, 15) is 9.18 Å². The van der Waals surface area contributed by atoms with Crippen LogP contribution in [0.25, 0.3) is 0 Å². The molecule has 1 aliphatic carbocycles. The van der Waals surface area contributed by atoms with Crippen LogP contribution in [0.15, 0.2) is 77.9 Å². The van der Waals surface area contributed by atoms with Gasteiger partial charge in [-0.1, -0.05) is 61.7 Å². The molecule has 1 aromatic heterocycles. The van der Waals surface area contributed by atoms with Gasteiger partial charge >= 0.3 is 6.03 Å². The third-order valence-electron chi connectivity index (χ3n) is 8.99. The highest BCUT2D eigenvalue weighted by Gasteiger charge is 2.52. The van der Waals surface area contributed by atoms with Crippen molar-refractivity contribution < 1.29 is 9.18 Å². The van der Waals surface area contributed by atoms with Gasteiger partial charge in [-0.05, 0) is 73.9 Å². The molecule has 42 heavy (non-hydrogen) atoms. The maximum Gasteiger partial charge on any atom is 0.350 e. The zero-order valence-corrected chi connectivity index (χ0v) is 24.3. The van der Waals surface area contributed by atoms with Crippen LogP contribution in [0.3, 0.4) is 0 Å². The number of hydrogen-bond acceptors (Lipinski definition) is 5. The lowest BCUT2D eigenvalue weighted by molar-refractivity contribution is 0.181. The molecule has 2 amide bonds. The van der Waals surface area contributed by atoms with E-state index in [1.54, 1.807) is 11.0 Å². The van der Waals surface area contributed by atoms with Gasteiger partial charge in [0.25, 0.3) is 0 Å². The van der Waals surface area contributed by atoms with Crippen molar-refractivity contribution in [3.8, 4) is 0 Å². The molecule has 0 radical (unpaired) electrons. The van der Waals surface area contributed by atoms with E-state index < -0.39 is 5.54 Å². The summed E-state index contributed by atoms with van der Waals surface area (Å²) < 4.78 is 14.3. The van der Waals surface area contributed by atoms with E-state index in [2.05, 4.69) is 61.9 Å². The van der Waals surface area contributed by atoms with Gasteiger partial charge in [-0.3, -0.25) is 9.80 Å². The first kappa shape index (κ1) is 28.3. The largest absolute Gasteiger partial charge is 0.370 e. The zero-order valence-electron chi connectivity index (χ0n) is 24.3. The van der Waals surface area contributed by atoms with Crippen LogP contribution in [0.4, 0.5) is 20.7 Å². The standard InChI is InChI=1S/C34H41FN6O/c35-28-12-7-15-30(23-28)41-33(42)39-32(38-29-13-5-2-6-14-29)34(41)18-21-40(22-19-34)25-27-16-17-31(37-24-27)36-20-8-11-26-9-3-1-4-10-26/h1,3-4,7,9-10,12,15-17,23-24,29H,2,5-6,8,11,13-14,18-22,25H2,(H,36,37)(H,38,39,42). The maximum atomic E-state index is 14.3. The number of anilines is 2. The summed E-state index contributed by atoms with van der Waals surface area (Å²) in [7, 11) is 0. The Labute approximate surface area is 248 Å². The summed E-state index contributed by atoms with van der Waals surface area (Å²) in [6.07, 6.45) is 11.4. The Hall–Kier alpha value is -3.78. The Morgan fingerprint density at radius 2 is 1.74 bits per heavy atom. The molecular formula is C34H41FN6O. The van der Waals surface area contributed by atoms with Gasteiger partial charge in [0.05, 0.1) is 0 Å². The van der Waals surface area contributed by atoms with Crippen LogP contribution < -0.4 is 15.5 Å². The topological polar surface area (TPSA) is 72.9 Å². The van der Waals surface area contributed by atoms with Crippen molar-refractivity contribution in [2.45, 2.75) is 75.9 Å². The van der Waals surface area contributed by atoms with Crippen LogP contribution in [0.5, 0.6) is 0 Å². The van der Waals surface area contributed by atoms with Crippen molar-refractivity contribution in [2.75, 3.05) is 29.9 Å². The number of amidine groups is 1. The van der Waals surface area contributed by atoms with Gasteiger partial charge in [-0.2, -0.15) is 4.99 Å². The number of likely N-dealkylation sites (tertiary alicyclic amines) is 1. The fraction of sp³-hybridized carbons (Fsp3) is 0.441. The number of pyridine rings is 1. The normalized spacial score (nSPS) is 19.2. The molecular weight excluding hydrogens is 527 g/mol. The van der Waals surface area contributed by atoms with Gasteiger partial charge in [-0.15, -0.1) is 0 Å². The van der Waals surface area contributed by atoms with Crippen LogP contribution in [-0.4, -0.2) is 53.0 Å². The number of urea groups is 1. The molecule has 0 unspecified atom stereocenters. The molecule has 2 fully saturated rings. The SMILES string of the molecule is O=C1N=C(NC2CCCCC2)C2(CCN(Cc3ccc(NCCCc4ccccc4)nc3)CC2)N1c1cccc(F)c1. The average Bonchev–Trinajstić information content (AvgIpc) is 3.28. The molecule has 3 aromatic rings. The first-order valence-corrected chi connectivity index (χ1v) is 15.5. The number of carbonyl (C=O) groups is 1. The van der Waals surface area contributed by atoms with Crippen molar-refractivity contribution in [3.63, 3.8) is 0 Å². The molecule has 2 aromatic carbocycles. The predicted octanol–water partition coefficient (Wildman–Crippen LogP) is 6.56. The van der Waals surface area contributed by atoms with Crippen LogP contribution in [0.2, 0.25) is 0 Å². The molecule has 1 saturated carbocycles. The monoisotopic (exact) mass is 568 g/mol. The molecule has 6 rings (SSSR count). The lowest BCUT2D eigenvalue weighted by atomic mass is 9.83. The van der Waals surface area contributed by atoms with E-state index in [0.717, 1.165) is 76.4 Å². The van der Waals surface area contributed by atoms with Crippen LogP contribution in [0, 0.1) is 5.82 Å². The molecule has 7 nitrogen and oxygen atoms in total. The molecule has 0 atom stereocenters. The minimum absolute atomic E-state index is 0.302. The first-order chi connectivity index (χ1) is 20.6. The molecule has 1 spiro atoms. The fourth-order valence-electron chi connectivity index (χ4n) is 6.69. The number of hydrogen-bond donors (Lipinski definition) is 2. The summed E-state index contributed by atoms with van der Waals surface area (Å²) in [5.74, 6) is 1.32. The Balaban J connectivity index is 1.08. The van der Waals surface area contributed by atoms with E-state index in [4.69, 9.17) is 0 Å². The van der Waals surface area contributed by atoms with E-state index in [-0.39, 0.29) is 11.8 Å². The summed E-state index contributed by atoms with van der Waals surface area (Å²) in [6, 6.07) is 21.1. The highest BCUT2D eigenvalue weighted by molar-refractivity contribution is 6.16. The maximum absolute atomic E-state index is 14.3. The number of aliphatic imine (C=N–C) groups is 1. The number of benzene rings is 2. The van der Waals surface area contributed by atoms with Gasteiger partial charge < -0.3 is 10.6 Å². The van der Waals surface area contributed by atoms with Crippen molar-refractivity contribution in [2.24, 2.45) is 4.99 Å². The third kappa shape index (κ3) is 6.49. The molecule has 2 N–H and O–H groups in total. The van der Waals surface area contributed by atoms with Crippen LogP contribution >= 0.6 is 0 Å². The molecule has 0 bridgehead atoms. The second-order valence-electron chi connectivity index (χ2n) is 11.9. The number of aromatic nitrogens is 1. The van der Waals surface area contributed by atoms with Crippen LogP contribution in [-0.2, 0) is 13.0 Å². The van der Waals surface area contributed by atoms with Crippen molar-refractivity contribution in [3.05, 3.63) is 89.9 Å². The number of aryl methyl sites for hydroxylation is 1. The number of piperidine rings is 1. The smallest absolute Gasteiger partial charge is 0.350 e. The van der Waals surface area contributed by atoms with Gasteiger partial charge in [0.2, 0.25) is 0 Å². The van der Waals surface area contributed by atoms with Crippen molar-refractivity contribution >= 4 is 23.4 Å². The predicted molar refractivity (Wildman–Crippen MR) is 166 cm³/mol. The van der Waals surface area contributed by atoms with E-state index >= 15 is 0 Å². The van der Waals surface area contributed by atoms with Gasteiger partial charge in [0, 0.05) is 44.1 Å². The summed E-state index contributed by atoms with van der Waals surface area (Å²) in [4.78, 5) is 26.7. The Bertz CT molecular complexity index is 1360. The molecule has 3 heterocycles. The highest BCUT2D eigenvalue weighted by Crippen LogP contribution is 2.39. The van der Waals surface area contributed by atoms with Gasteiger partial charge in [0.1, 0.15) is 23.0 Å². The Morgan fingerprint density at radius 3 is 2.48 bits per heavy atom. The minimum Gasteiger partial charge on any atom is -0.370 e. The molecule has 3 aliphatic rings. The molecule has 8 heteroatoms. The van der Waals surface area contributed by atoms with Gasteiger partial charge in [0.15, 0.2) is 0 Å². The highest BCUT2D eigenvalue weighted by atomic mass is 19.1. The molecule has 220 valence electrons. The zero-order chi connectivity index (χ0) is 28.8. The molecule has 1 saturated heterocycles. The van der Waals surface area contributed by atoms with Crippen LogP contribution in [0.1, 0.15) is 62.5 Å². The number of carbonyl (C=O) groups excluding carboxylic acids is 1. The third-order valence-corrected chi connectivity index (χ3v) is 8.99. The minimum atomic E-state index is -0.579. The number of nitrogens with zero attached hydrogens (tertiary/aromatic N) is 4. The number of amides is 2. The Morgan fingerprint density at radius 1 is 0.929 bits per heavy atom. The lowest BCUT2D eigenvalue weighted by Gasteiger charge is -2.45. The first-order valence-electron chi connectivity index (χ1n) is 15.5. The van der Waals surface area contributed by atoms with E-state index in [0.29, 0.717) is 11.7 Å². The number of rotatable bonds is 9. The van der Waals surface area contributed by atoms with E-state index in [1.807, 2.05) is 18.3 Å². The average molecular weight is 569 g/mol. The summed E-state index contributed by atoms with van der Waals surface area (Å²) in [5, 5.41) is 7.12. The quantitative estimate of drug-likeness (QED) is 0.286. The van der Waals surface area contributed by atoms with Crippen molar-refractivity contribution in [1.82, 2.24) is 15.2 Å². The van der Waals surface area contributed by atoms with E-state index in [1.165, 1.54) is 42.5 Å². The molecule has 2 aliphatic heterocycles. The summed E-state index contributed by atoms with van der Waals surface area (Å²) >= 11 is 0. The van der Waals surface area contributed by atoms with Crippen molar-refractivity contribution in [1.29, 1.82) is 0 Å². The number of nitrogens with one attached hydrogen (secondary N) is 2. The summed E-state index contributed by atoms with van der Waals surface area (Å²) in [5.41, 5.74) is 2.52. The second-order valence-corrected chi connectivity index (χ2v) is 11.9.